The van der Waals surface area contributed by atoms with Crippen LogP contribution in [0.2, 0.25) is 18.1 Å². The van der Waals surface area contributed by atoms with Crippen molar-refractivity contribution in [3.05, 3.63) is 29.3 Å². The molecule has 0 bridgehead atoms. The predicted octanol–water partition coefficient (Wildman–Crippen LogP) is 2.67. The largest absolute Gasteiger partial charge is 0.344 e. The molecule has 5 nitrogen and oxygen atoms in total. The van der Waals surface area contributed by atoms with Gasteiger partial charge in [0.25, 0.3) is 8.41 Å². The summed E-state index contributed by atoms with van der Waals surface area (Å²) in [4.78, 5) is 14.1. The lowest BCUT2D eigenvalue weighted by atomic mass is 10.2. The van der Waals surface area contributed by atoms with Crippen molar-refractivity contribution in [2.45, 2.75) is 36.9 Å². The maximum absolute atomic E-state index is 13.9. The van der Waals surface area contributed by atoms with Gasteiger partial charge in [0.1, 0.15) is 6.04 Å². The molecule has 1 heterocycles. The van der Waals surface area contributed by atoms with E-state index in [0.717, 1.165) is 0 Å². The zero-order valence-electron chi connectivity index (χ0n) is 14.0. The van der Waals surface area contributed by atoms with Gasteiger partial charge in [-0.1, -0.05) is 11.6 Å². The number of amides is 1. The molecule has 1 aromatic carbocycles. The van der Waals surface area contributed by atoms with E-state index in [0.29, 0.717) is 17.9 Å². The average Bonchev–Trinajstić information content (AvgIpc) is 2.95. The van der Waals surface area contributed by atoms with Gasteiger partial charge in [0.2, 0.25) is 15.9 Å². The average molecular weight is 393 g/mol. The van der Waals surface area contributed by atoms with Crippen LogP contribution in [-0.4, -0.2) is 57.7 Å². The number of rotatable bonds is 5. The lowest BCUT2D eigenvalue weighted by Gasteiger charge is -2.29. The van der Waals surface area contributed by atoms with Crippen LogP contribution in [0.15, 0.2) is 29.2 Å². The molecule has 1 aromatic rings. The first kappa shape index (κ1) is 19.4. The number of hydrogen-bond donors (Lipinski definition) is 0. The molecule has 0 spiro atoms. The zero-order valence-corrected chi connectivity index (χ0v) is 16.6. The highest BCUT2D eigenvalue weighted by Gasteiger charge is 2.41. The van der Waals surface area contributed by atoms with Gasteiger partial charge < -0.3 is 9.01 Å². The van der Waals surface area contributed by atoms with Crippen LogP contribution in [0.5, 0.6) is 0 Å². The molecule has 1 amide bonds. The van der Waals surface area contributed by atoms with Crippen molar-refractivity contribution in [1.82, 2.24) is 9.21 Å². The minimum Gasteiger partial charge on any atom is -0.344 e. The molecule has 1 aliphatic heterocycles. The van der Waals surface area contributed by atoms with E-state index in [-0.39, 0.29) is 23.5 Å². The summed E-state index contributed by atoms with van der Waals surface area (Å²) in [5.74, 6) is -0.344. The Bertz CT molecular complexity index is 706. The highest BCUT2D eigenvalue weighted by Crippen LogP contribution is 2.28. The molecule has 134 valence electrons. The Hall–Kier alpha value is -0.963. The molecule has 0 aromatic heterocycles. The lowest BCUT2D eigenvalue weighted by molar-refractivity contribution is -0.132. The second-order valence-corrected chi connectivity index (χ2v) is 12.7. The molecule has 1 atom stereocenters. The number of halogens is 2. The van der Waals surface area contributed by atoms with E-state index in [9.17, 15) is 17.3 Å². The van der Waals surface area contributed by atoms with Crippen molar-refractivity contribution in [2.75, 3.05) is 19.8 Å². The molecule has 0 aliphatic carbocycles. The van der Waals surface area contributed by atoms with Crippen LogP contribution in [0, 0.1) is 0 Å². The molecule has 0 radical (unpaired) electrons. The van der Waals surface area contributed by atoms with Gasteiger partial charge in [0.05, 0.1) is 4.90 Å². The lowest BCUT2D eigenvalue weighted by Crippen LogP contribution is -2.50. The van der Waals surface area contributed by atoms with Crippen LogP contribution in [0.3, 0.4) is 0 Å². The molecule has 9 heteroatoms. The Kier molecular flexibility index (Phi) is 5.74. The number of nitrogens with zero attached hydrogens (tertiary/aromatic N) is 2. The summed E-state index contributed by atoms with van der Waals surface area (Å²) in [6.07, 6.45) is 1.11. The van der Waals surface area contributed by atoms with E-state index < -0.39 is 24.5 Å². The van der Waals surface area contributed by atoms with E-state index in [4.69, 9.17) is 11.6 Å². The number of carbonyl (C=O) groups excluding carboxylic acids is 1. The number of sulfonamides is 1. The minimum atomic E-state index is -3.78. The van der Waals surface area contributed by atoms with Crippen LogP contribution in [0.1, 0.15) is 12.8 Å². The Labute approximate surface area is 148 Å². The molecule has 0 N–H and O–H groups in total. The van der Waals surface area contributed by atoms with Crippen LogP contribution in [0.25, 0.3) is 0 Å². The van der Waals surface area contributed by atoms with Crippen molar-refractivity contribution in [3.63, 3.8) is 0 Å². The monoisotopic (exact) mass is 392 g/mol. The van der Waals surface area contributed by atoms with Crippen molar-refractivity contribution >= 4 is 35.9 Å². The maximum Gasteiger partial charge on any atom is 0.259 e. The summed E-state index contributed by atoms with van der Waals surface area (Å²) in [6, 6.07) is 5.10. The standard InChI is InChI=1S/C15H22ClFN2O3SSi/c1-18(11-24(2,3)17)15(20)14-5-4-10-19(14)23(21,22)13-8-6-12(16)7-9-13/h6-9,14H,4-5,10-11H2,1-3H3/t14-/m0/s1. The Balaban J connectivity index is 2.23. The van der Waals surface area contributed by atoms with Gasteiger partial charge in [0.15, 0.2) is 0 Å². The Morgan fingerprint density at radius 2 is 1.96 bits per heavy atom. The van der Waals surface area contributed by atoms with Crippen molar-refractivity contribution < 1.29 is 17.3 Å². The second-order valence-electron chi connectivity index (χ2n) is 6.64. The van der Waals surface area contributed by atoms with Gasteiger partial charge in [-0.2, -0.15) is 4.31 Å². The molecule has 1 saturated heterocycles. The van der Waals surface area contributed by atoms with Gasteiger partial charge in [-0.3, -0.25) is 4.79 Å². The molecule has 0 saturated carbocycles. The number of hydrogen-bond acceptors (Lipinski definition) is 3. The summed E-state index contributed by atoms with van der Waals surface area (Å²) in [6.45, 7) is 3.33. The molecule has 1 aliphatic rings. The highest BCUT2D eigenvalue weighted by molar-refractivity contribution is 7.89. The highest BCUT2D eigenvalue weighted by atomic mass is 35.5. The third-order valence-electron chi connectivity index (χ3n) is 3.90. The number of likely N-dealkylation sites (N-methyl/N-ethyl adjacent to an activating group) is 1. The van der Waals surface area contributed by atoms with Crippen molar-refractivity contribution in [3.8, 4) is 0 Å². The second kappa shape index (κ2) is 7.11. The molecule has 1 fully saturated rings. The molecular weight excluding hydrogens is 371 g/mol. The van der Waals surface area contributed by atoms with Crippen LogP contribution in [-0.2, 0) is 14.8 Å². The topological polar surface area (TPSA) is 57.7 Å². The fraction of sp³-hybridized carbons (Fsp3) is 0.533. The van der Waals surface area contributed by atoms with Crippen LogP contribution < -0.4 is 0 Å². The summed E-state index contributed by atoms with van der Waals surface area (Å²) >= 11 is 5.80. The predicted molar refractivity (Wildman–Crippen MR) is 94.6 cm³/mol. The van der Waals surface area contributed by atoms with E-state index in [1.54, 1.807) is 0 Å². The summed E-state index contributed by atoms with van der Waals surface area (Å²) in [5.41, 5.74) is 0. The van der Waals surface area contributed by atoms with Crippen molar-refractivity contribution in [1.29, 1.82) is 0 Å². The van der Waals surface area contributed by atoms with E-state index in [2.05, 4.69) is 0 Å². The zero-order chi connectivity index (χ0) is 18.1. The number of benzene rings is 1. The van der Waals surface area contributed by atoms with E-state index in [1.807, 2.05) is 0 Å². The van der Waals surface area contributed by atoms with Crippen LogP contribution in [0.4, 0.5) is 4.11 Å². The molecule has 0 unspecified atom stereocenters. The van der Waals surface area contributed by atoms with Gasteiger partial charge in [0, 0.05) is 24.8 Å². The van der Waals surface area contributed by atoms with Gasteiger partial charge in [-0.25, -0.2) is 8.42 Å². The van der Waals surface area contributed by atoms with Crippen molar-refractivity contribution in [2.24, 2.45) is 0 Å². The van der Waals surface area contributed by atoms with Gasteiger partial charge >= 0.3 is 0 Å². The maximum atomic E-state index is 13.9. The number of carbonyl (C=O) groups is 1. The fourth-order valence-corrected chi connectivity index (χ4v) is 5.97. The molecule has 2 rings (SSSR count). The quantitative estimate of drug-likeness (QED) is 0.571. The SMILES string of the molecule is CN(C[Si](C)(C)F)C(=O)[C@@H]1CCCN1S(=O)(=O)c1ccc(Cl)cc1. The normalized spacial score (nSPS) is 19.5. The third kappa shape index (κ3) is 4.36. The van der Waals surface area contributed by atoms with E-state index in [1.165, 1.54) is 53.6 Å². The Morgan fingerprint density at radius 1 is 1.38 bits per heavy atom. The van der Waals surface area contributed by atoms with E-state index >= 15 is 0 Å². The molecule has 24 heavy (non-hydrogen) atoms. The smallest absolute Gasteiger partial charge is 0.259 e. The third-order valence-corrected chi connectivity index (χ3v) is 7.30. The van der Waals surface area contributed by atoms with Crippen LogP contribution >= 0.6 is 11.6 Å². The summed E-state index contributed by atoms with van der Waals surface area (Å²) < 4.78 is 40.8. The first-order valence-corrected chi connectivity index (χ1v) is 12.6. The summed E-state index contributed by atoms with van der Waals surface area (Å²) in [5, 5.41) is 0.442. The summed E-state index contributed by atoms with van der Waals surface area (Å²) in [7, 11) is -5.20. The van der Waals surface area contributed by atoms with Gasteiger partial charge in [-0.15, -0.1) is 0 Å². The molecular formula is C15H22ClFN2O3SSi. The minimum absolute atomic E-state index is 0.0527. The van der Waals surface area contributed by atoms with Gasteiger partial charge in [-0.05, 0) is 50.2 Å². The Morgan fingerprint density at radius 3 is 2.50 bits per heavy atom. The fourth-order valence-electron chi connectivity index (χ4n) is 2.91. The first-order chi connectivity index (χ1) is 11.0. The first-order valence-electron chi connectivity index (χ1n) is 7.74.